The molecule has 0 aliphatic heterocycles. The van der Waals surface area contributed by atoms with Crippen molar-refractivity contribution in [2.45, 2.75) is 26.3 Å². The van der Waals surface area contributed by atoms with Crippen molar-refractivity contribution in [1.82, 2.24) is 0 Å². The number of hydrogen-bond donors (Lipinski definition) is 1. The highest BCUT2D eigenvalue weighted by Crippen LogP contribution is 2.20. The van der Waals surface area contributed by atoms with Crippen molar-refractivity contribution in [3.63, 3.8) is 0 Å². The Morgan fingerprint density at radius 1 is 1.21 bits per heavy atom. The number of nitrogens with two attached hydrogens (primary N) is 1. The predicted molar refractivity (Wildman–Crippen MR) is 67.8 cm³/mol. The summed E-state index contributed by atoms with van der Waals surface area (Å²) >= 11 is 3.40. The maximum Gasteiger partial charge on any atom is 0.0297 e. The first kappa shape index (κ1) is 13.9. The van der Waals surface area contributed by atoms with Crippen LogP contribution in [0.4, 0.5) is 0 Å². The van der Waals surface area contributed by atoms with Crippen LogP contribution in [0.5, 0.6) is 0 Å². The predicted octanol–water partition coefficient (Wildman–Crippen LogP) is 3.92. The summed E-state index contributed by atoms with van der Waals surface area (Å²) in [6.07, 6.45) is 1.04. The fourth-order valence-corrected chi connectivity index (χ4v) is 1.62. The molecule has 14 heavy (non-hydrogen) atoms. The molecule has 0 heterocycles. The van der Waals surface area contributed by atoms with Gasteiger partial charge in [0, 0.05) is 10.5 Å². The quantitative estimate of drug-likeness (QED) is 0.891. The molecule has 0 aliphatic carbocycles. The fraction of sp³-hybridized carbons (Fsp3) is 0.455. The van der Waals surface area contributed by atoms with Crippen LogP contribution in [-0.2, 0) is 0 Å². The molecule has 0 saturated carbocycles. The average Bonchev–Trinajstić information content (AvgIpc) is 2.04. The summed E-state index contributed by atoms with van der Waals surface area (Å²) in [7, 11) is 0. The Morgan fingerprint density at radius 2 is 1.71 bits per heavy atom. The molecule has 0 fully saturated rings. The molecule has 0 aromatic heterocycles. The van der Waals surface area contributed by atoms with Gasteiger partial charge in [0.2, 0.25) is 0 Å². The molecule has 0 aliphatic rings. The number of halogens is 2. The van der Waals surface area contributed by atoms with Crippen LogP contribution in [0.3, 0.4) is 0 Å². The summed E-state index contributed by atoms with van der Waals surface area (Å²) < 4.78 is 1.10. The summed E-state index contributed by atoms with van der Waals surface area (Å²) in [5.41, 5.74) is 7.25. The summed E-state index contributed by atoms with van der Waals surface area (Å²) in [6.45, 7) is 4.39. The van der Waals surface area contributed by atoms with E-state index in [0.717, 1.165) is 10.9 Å². The highest BCUT2D eigenvalue weighted by molar-refractivity contribution is 9.10. The van der Waals surface area contributed by atoms with Crippen LogP contribution < -0.4 is 5.73 Å². The smallest absolute Gasteiger partial charge is 0.0297 e. The zero-order valence-electron chi connectivity index (χ0n) is 8.53. The normalized spacial score (nSPS) is 12.4. The number of benzene rings is 1. The van der Waals surface area contributed by atoms with Crippen LogP contribution >= 0.6 is 28.3 Å². The molecule has 0 amide bonds. The maximum atomic E-state index is 6.03. The van der Waals surface area contributed by atoms with E-state index in [-0.39, 0.29) is 18.4 Å². The van der Waals surface area contributed by atoms with Gasteiger partial charge < -0.3 is 5.73 Å². The zero-order valence-corrected chi connectivity index (χ0v) is 10.9. The second-order valence-corrected chi connectivity index (χ2v) is 4.70. The van der Waals surface area contributed by atoms with Crippen molar-refractivity contribution < 1.29 is 0 Å². The summed E-state index contributed by atoms with van der Waals surface area (Å²) in [6, 6.07) is 8.41. The zero-order chi connectivity index (χ0) is 9.84. The standard InChI is InChI=1S/C11H16BrN.ClH/c1-8(2)7-11(13)9-3-5-10(12)6-4-9;/h3-6,8,11H,7,13H2,1-2H3;1H. The summed E-state index contributed by atoms with van der Waals surface area (Å²) in [5, 5.41) is 0. The lowest BCUT2D eigenvalue weighted by Crippen LogP contribution is -2.12. The van der Waals surface area contributed by atoms with Crippen LogP contribution in [-0.4, -0.2) is 0 Å². The molecule has 0 bridgehead atoms. The molecule has 1 rings (SSSR count). The third-order valence-corrected chi connectivity index (χ3v) is 2.55. The van der Waals surface area contributed by atoms with Crippen molar-refractivity contribution in [3.8, 4) is 0 Å². The van der Waals surface area contributed by atoms with Crippen LogP contribution in [0.25, 0.3) is 0 Å². The monoisotopic (exact) mass is 277 g/mol. The van der Waals surface area contributed by atoms with E-state index in [2.05, 4.69) is 41.9 Å². The lowest BCUT2D eigenvalue weighted by atomic mass is 9.98. The molecule has 80 valence electrons. The first-order valence-corrected chi connectivity index (χ1v) is 5.40. The van der Waals surface area contributed by atoms with E-state index in [1.54, 1.807) is 0 Å². The fourth-order valence-electron chi connectivity index (χ4n) is 1.35. The number of rotatable bonds is 3. The Balaban J connectivity index is 0.00000169. The molecule has 1 nitrogen and oxygen atoms in total. The van der Waals surface area contributed by atoms with Crippen LogP contribution in [0.1, 0.15) is 31.9 Å². The highest BCUT2D eigenvalue weighted by atomic mass is 79.9. The van der Waals surface area contributed by atoms with Crippen LogP contribution in [0.2, 0.25) is 0 Å². The molecule has 2 N–H and O–H groups in total. The van der Waals surface area contributed by atoms with E-state index in [4.69, 9.17) is 5.73 Å². The van der Waals surface area contributed by atoms with Crippen molar-refractivity contribution >= 4 is 28.3 Å². The molecular formula is C11H17BrClN. The maximum absolute atomic E-state index is 6.03. The summed E-state index contributed by atoms with van der Waals surface area (Å²) in [5.74, 6) is 0.652. The minimum Gasteiger partial charge on any atom is -0.324 e. The Labute approximate surface area is 101 Å². The Kier molecular flexibility index (Phi) is 6.41. The molecule has 3 heteroatoms. The van der Waals surface area contributed by atoms with E-state index in [1.807, 2.05) is 12.1 Å². The van der Waals surface area contributed by atoms with Crippen molar-refractivity contribution in [3.05, 3.63) is 34.3 Å². The van der Waals surface area contributed by atoms with Crippen LogP contribution in [0, 0.1) is 5.92 Å². The van der Waals surface area contributed by atoms with Gasteiger partial charge in [0.15, 0.2) is 0 Å². The first-order chi connectivity index (χ1) is 6.09. The highest BCUT2D eigenvalue weighted by Gasteiger charge is 2.07. The topological polar surface area (TPSA) is 26.0 Å². The van der Waals surface area contributed by atoms with E-state index >= 15 is 0 Å². The summed E-state index contributed by atoms with van der Waals surface area (Å²) in [4.78, 5) is 0. The molecule has 0 spiro atoms. The van der Waals surface area contributed by atoms with Gasteiger partial charge >= 0.3 is 0 Å². The van der Waals surface area contributed by atoms with Gasteiger partial charge in [-0.3, -0.25) is 0 Å². The Hall–Kier alpha value is -0.0500. The van der Waals surface area contributed by atoms with E-state index in [1.165, 1.54) is 5.56 Å². The van der Waals surface area contributed by atoms with E-state index in [9.17, 15) is 0 Å². The SMILES string of the molecule is CC(C)CC(N)c1ccc(Br)cc1.Cl. The van der Waals surface area contributed by atoms with Gasteiger partial charge in [-0.1, -0.05) is 41.9 Å². The van der Waals surface area contributed by atoms with Gasteiger partial charge in [-0.05, 0) is 30.0 Å². The van der Waals surface area contributed by atoms with Gasteiger partial charge in [-0.25, -0.2) is 0 Å². The van der Waals surface area contributed by atoms with Crippen molar-refractivity contribution in [2.24, 2.45) is 11.7 Å². The van der Waals surface area contributed by atoms with Gasteiger partial charge in [0.05, 0.1) is 0 Å². The van der Waals surface area contributed by atoms with Crippen LogP contribution in [0.15, 0.2) is 28.7 Å². The lowest BCUT2D eigenvalue weighted by Gasteiger charge is -2.14. The van der Waals surface area contributed by atoms with Crippen molar-refractivity contribution in [2.75, 3.05) is 0 Å². The molecule has 1 unspecified atom stereocenters. The molecule has 1 aromatic rings. The van der Waals surface area contributed by atoms with E-state index in [0.29, 0.717) is 5.92 Å². The van der Waals surface area contributed by atoms with Gasteiger partial charge in [-0.2, -0.15) is 0 Å². The van der Waals surface area contributed by atoms with Gasteiger partial charge in [-0.15, -0.1) is 12.4 Å². The largest absolute Gasteiger partial charge is 0.324 e. The molecule has 0 radical (unpaired) electrons. The minimum atomic E-state index is 0. The third kappa shape index (κ3) is 4.45. The lowest BCUT2D eigenvalue weighted by molar-refractivity contribution is 0.510. The number of hydrogen-bond acceptors (Lipinski definition) is 1. The van der Waals surface area contributed by atoms with Crippen molar-refractivity contribution in [1.29, 1.82) is 0 Å². The Bertz CT molecular complexity index is 258. The van der Waals surface area contributed by atoms with E-state index < -0.39 is 0 Å². The second-order valence-electron chi connectivity index (χ2n) is 3.79. The Morgan fingerprint density at radius 3 is 2.14 bits per heavy atom. The van der Waals surface area contributed by atoms with Gasteiger partial charge in [0.1, 0.15) is 0 Å². The minimum absolute atomic E-state index is 0. The first-order valence-electron chi connectivity index (χ1n) is 4.60. The molecule has 1 atom stereocenters. The molecular weight excluding hydrogens is 261 g/mol. The average molecular weight is 279 g/mol. The van der Waals surface area contributed by atoms with Gasteiger partial charge in [0.25, 0.3) is 0 Å². The third-order valence-electron chi connectivity index (χ3n) is 2.02. The second kappa shape index (κ2) is 6.44. The molecule has 0 saturated heterocycles. The molecule has 1 aromatic carbocycles.